The molecule has 0 aromatic rings. The fraction of sp³-hybridized carbons (Fsp3) is 0.600. The van der Waals surface area contributed by atoms with Gasteiger partial charge in [0.05, 0.1) is 13.0 Å². The standard InChI is InChI=1S/C20H28N2O9S/c1-4-29-15(25)6-5-13(23)11-16(26)32-10-9-21-14(24)7-8-22-18(27)17-20(2,3)12-30-19(28)31-17/h5-6,17H,4,7-12H2,1-3H3,(H,21,24)(H,22,27)/b6-5+/t17-/m0/s1. The summed E-state index contributed by atoms with van der Waals surface area (Å²) < 4.78 is 14.3. The van der Waals surface area contributed by atoms with Crippen molar-refractivity contribution >= 4 is 46.6 Å². The molecule has 0 unspecified atom stereocenters. The Morgan fingerprint density at radius 1 is 1.16 bits per heavy atom. The molecule has 1 aliphatic rings. The highest BCUT2D eigenvalue weighted by atomic mass is 32.2. The molecule has 2 amide bonds. The zero-order chi connectivity index (χ0) is 24.1. The summed E-state index contributed by atoms with van der Waals surface area (Å²) in [5.41, 5.74) is -0.694. The lowest BCUT2D eigenvalue weighted by molar-refractivity contribution is -0.149. The molecule has 32 heavy (non-hydrogen) atoms. The zero-order valence-electron chi connectivity index (χ0n) is 18.3. The Bertz CT molecular complexity index is 764. The molecule has 1 heterocycles. The van der Waals surface area contributed by atoms with Gasteiger partial charge >= 0.3 is 12.1 Å². The first-order valence-electron chi connectivity index (χ1n) is 9.96. The Labute approximate surface area is 190 Å². The molecule has 0 aromatic carbocycles. The molecule has 1 fully saturated rings. The maximum absolute atomic E-state index is 12.2. The number of ether oxygens (including phenoxy) is 3. The van der Waals surface area contributed by atoms with Crippen LogP contribution in [-0.2, 0) is 38.2 Å². The molecule has 0 radical (unpaired) electrons. The second-order valence-corrected chi connectivity index (χ2v) is 8.52. The summed E-state index contributed by atoms with van der Waals surface area (Å²) in [7, 11) is 0. The smallest absolute Gasteiger partial charge is 0.463 e. The second-order valence-electron chi connectivity index (χ2n) is 7.37. The molecule has 1 saturated heterocycles. The van der Waals surface area contributed by atoms with Crippen LogP contribution in [-0.4, -0.2) is 73.0 Å². The van der Waals surface area contributed by atoms with Gasteiger partial charge in [0, 0.05) is 36.8 Å². The van der Waals surface area contributed by atoms with E-state index in [1.165, 1.54) is 0 Å². The summed E-state index contributed by atoms with van der Waals surface area (Å²) in [6.45, 7) is 5.56. The van der Waals surface area contributed by atoms with Gasteiger partial charge in [-0.3, -0.25) is 19.2 Å². The summed E-state index contributed by atoms with van der Waals surface area (Å²) >= 11 is 0.884. The molecule has 178 valence electrons. The number of hydrogen-bond acceptors (Lipinski definition) is 10. The summed E-state index contributed by atoms with van der Waals surface area (Å²) in [6.07, 6.45) is -0.327. The second kappa shape index (κ2) is 13.5. The van der Waals surface area contributed by atoms with Crippen molar-refractivity contribution < 1.29 is 43.0 Å². The summed E-state index contributed by atoms with van der Waals surface area (Å²) in [5.74, 6) is -1.76. The van der Waals surface area contributed by atoms with Crippen LogP contribution in [0.15, 0.2) is 12.2 Å². The molecule has 0 aliphatic carbocycles. The molecule has 0 spiro atoms. The molecule has 1 atom stereocenters. The van der Waals surface area contributed by atoms with Crippen molar-refractivity contribution in [2.75, 3.05) is 32.1 Å². The molecule has 1 aliphatic heterocycles. The first-order valence-corrected chi connectivity index (χ1v) is 10.9. The summed E-state index contributed by atoms with van der Waals surface area (Å²) in [5, 5.41) is 4.75. The monoisotopic (exact) mass is 472 g/mol. The number of amides is 2. The Balaban J connectivity index is 2.19. The number of allylic oxidation sites excluding steroid dienone is 1. The topological polar surface area (TPSA) is 154 Å². The molecule has 0 saturated carbocycles. The van der Waals surface area contributed by atoms with Crippen LogP contribution in [0.1, 0.15) is 33.6 Å². The van der Waals surface area contributed by atoms with E-state index in [9.17, 15) is 28.8 Å². The van der Waals surface area contributed by atoms with Gasteiger partial charge < -0.3 is 24.8 Å². The summed E-state index contributed by atoms with van der Waals surface area (Å²) in [4.78, 5) is 69.7. The number of esters is 1. The minimum atomic E-state index is -1.01. The van der Waals surface area contributed by atoms with Gasteiger partial charge in [0.1, 0.15) is 6.61 Å². The van der Waals surface area contributed by atoms with E-state index in [-0.39, 0.29) is 50.8 Å². The molecule has 0 aromatic heterocycles. The molecule has 11 nitrogen and oxygen atoms in total. The van der Waals surface area contributed by atoms with Gasteiger partial charge in [0.15, 0.2) is 17.0 Å². The van der Waals surface area contributed by atoms with E-state index < -0.39 is 40.4 Å². The predicted molar refractivity (Wildman–Crippen MR) is 114 cm³/mol. The average molecular weight is 473 g/mol. The minimum Gasteiger partial charge on any atom is -0.463 e. The number of ketones is 1. The molecular weight excluding hydrogens is 444 g/mol. The van der Waals surface area contributed by atoms with Gasteiger partial charge in [-0.15, -0.1) is 0 Å². The first kappa shape index (κ1) is 27.1. The van der Waals surface area contributed by atoms with Crippen LogP contribution < -0.4 is 10.6 Å². The third kappa shape index (κ3) is 10.4. The van der Waals surface area contributed by atoms with Gasteiger partial charge in [-0.1, -0.05) is 25.6 Å². The lowest BCUT2D eigenvalue weighted by Gasteiger charge is -2.35. The van der Waals surface area contributed by atoms with E-state index in [4.69, 9.17) is 9.47 Å². The Morgan fingerprint density at radius 3 is 2.56 bits per heavy atom. The normalized spacial score (nSPS) is 17.1. The predicted octanol–water partition coefficient (Wildman–Crippen LogP) is 0.509. The molecular formula is C20H28N2O9S. The lowest BCUT2D eigenvalue weighted by Crippen LogP contribution is -2.52. The molecule has 1 rings (SSSR count). The van der Waals surface area contributed by atoms with Gasteiger partial charge in [0.2, 0.25) is 5.91 Å². The van der Waals surface area contributed by atoms with E-state index in [0.717, 1.165) is 23.9 Å². The van der Waals surface area contributed by atoms with E-state index in [1.807, 2.05) is 0 Å². The third-order valence-corrected chi connectivity index (χ3v) is 4.95. The number of carbonyl (C=O) groups is 6. The quantitative estimate of drug-likeness (QED) is 0.178. The van der Waals surface area contributed by atoms with Crippen LogP contribution in [0.3, 0.4) is 0 Å². The van der Waals surface area contributed by atoms with Crippen LogP contribution in [0.5, 0.6) is 0 Å². The highest BCUT2D eigenvalue weighted by molar-refractivity contribution is 8.13. The van der Waals surface area contributed by atoms with E-state index >= 15 is 0 Å². The van der Waals surface area contributed by atoms with Crippen molar-refractivity contribution in [2.24, 2.45) is 5.41 Å². The number of thioether (sulfide) groups is 1. The van der Waals surface area contributed by atoms with Crippen molar-refractivity contribution in [1.82, 2.24) is 10.6 Å². The first-order chi connectivity index (χ1) is 15.0. The minimum absolute atomic E-state index is 0.000904. The Hall–Kier alpha value is -2.89. The number of hydrogen-bond donors (Lipinski definition) is 2. The summed E-state index contributed by atoms with van der Waals surface area (Å²) in [6, 6.07) is 0. The fourth-order valence-electron chi connectivity index (χ4n) is 2.46. The zero-order valence-corrected chi connectivity index (χ0v) is 19.1. The maximum Gasteiger partial charge on any atom is 0.509 e. The van der Waals surface area contributed by atoms with Gasteiger partial charge in [0.25, 0.3) is 5.91 Å². The Kier molecular flexibility index (Phi) is 11.5. The SMILES string of the molecule is CCOC(=O)/C=C/C(=O)CC(=O)SCCNC(=O)CCNC(=O)[C@@H]1OC(=O)OCC1(C)C. The highest BCUT2D eigenvalue weighted by Gasteiger charge is 2.43. The lowest BCUT2D eigenvalue weighted by atomic mass is 9.86. The van der Waals surface area contributed by atoms with Gasteiger partial charge in [-0.2, -0.15) is 0 Å². The number of cyclic esters (lactones) is 2. The number of nitrogens with one attached hydrogen (secondary N) is 2. The van der Waals surface area contributed by atoms with Crippen LogP contribution in [0.25, 0.3) is 0 Å². The van der Waals surface area contributed by atoms with Crippen LogP contribution in [0, 0.1) is 5.41 Å². The highest BCUT2D eigenvalue weighted by Crippen LogP contribution is 2.28. The van der Waals surface area contributed by atoms with Gasteiger partial charge in [-0.05, 0) is 13.0 Å². The van der Waals surface area contributed by atoms with Crippen molar-refractivity contribution in [3.63, 3.8) is 0 Å². The van der Waals surface area contributed by atoms with E-state index in [2.05, 4.69) is 15.4 Å². The van der Waals surface area contributed by atoms with E-state index in [0.29, 0.717) is 0 Å². The van der Waals surface area contributed by atoms with Crippen molar-refractivity contribution in [1.29, 1.82) is 0 Å². The van der Waals surface area contributed by atoms with E-state index in [1.54, 1.807) is 20.8 Å². The van der Waals surface area contributed by atoms with Crippen molar-refractivity contribution in [3.8, 4) is 0 Å². The molecule has 2 N–H and O–H groups in total. The Morgan fingerprint density at radius 2 is 1.88 bits per heavy atom. The number of carbonyl (C=O) groups excluding carboxylic acids is 6. The van der Waals surface area contributed by atoms with Crippen LogP contribution in [0.4, 0.5) is 4.79 Å². The molecule has 12 heteroatoms. The van der Waals surface area contributed by atoms with Crippen LogP contribution in [0.2, 0.25) is 0 Å². The van der Waals surface area contributed by atoms with Crippen LogP contribution >= 0.6 is 11.8 Å². The fourth-order valence-corrected chi connectivity index (χ4v) is 3.13. The third-order valence-electron chi connectivity index (χ3n) is 4.07. The largest absolute Gasteiger partial charge is 0.509 e. The van der Waals surface area contributed by atoms with Gasteiger partial charge in [-0.25, -0.2) is 9.59 Å². The number of rotatable bonds is 12. The molecule has 0 bridgehead atoms. The average Bonchev–Trinajstić information content (AvgIpc) is 2.71. The van der Waals surface area contributed by atoms with Crippen molar-refractivity contribution in [2.45, 2.75) is 39.7 Å². The maximum atomic E-state index is 12.2. The van der Waals surface area contributed by atoms with Crippen molar-refractivity contribution in [3.05, 3.63) is 12.2 Å².